The fourth-order valence-electron chi connectivity index (χ4n) is 1.74. The highest BCUT2D eigenvalue weighted by atomic mass is 16.2. The largest absolute Gasteiger partial charge is 0.352 e. The molecule has 3 nitrogen and oxygen atoms in total. The Bertz CT molecular complexity index is 381. The van der Waals surface area contributed by atoms with E-state index in [4.69, 9.17) is 5.73 Å². The standard InChI is InChI=1S/C15H24N2O/c1-11(10-12-8-6-5-7-9-12)17-14(18)13(16)15(2,3)4/h5-9,11,13H,10,16H2,1-4H3,(H,17,18)/t11?,13-/m1/s1. The summed E-state index contributed by atoms with van der Waals surface area (Å²) in [5, 5.41) is 2.97. The summed E-state index contributed by atoms with van der Waals surface area (Å²) in [5.74, 6) is -0.0778. The first kappa shape index (κ1) is 14.7. The highest BCUT2D eigenvalue weighted by Gasteiger charge is 2.27. The van der Waals surface area contributed by atoms with Gasteiger partial charge >= 0.3 is 0 Å². The Balaban J connectivity index is 2.50. The Hall–Kier alpha value is -1.35. The van der Waals surface area contributed by atoms with Gasteiger partial charge in [-0.25, -0.2) is 0 Å². The van der Waals surface area contributed by atoms with E-state index in [-0.39, 0.29) is 17.4 Å². The predicted octanol–water partition coefficient (Wildman–Crippen LogP) is 2.11. The maximum Gasteiger partial charge on any atom is 0.237 e. The fourth-order valence-corrected chi connectivity index (χ4v) is 1.74. The first-order chi connectivity index (χ1) is 8.30. The highest BCUT2D eigenvalue weighted by molar-refractivity contribution is 5.82. The molecule has 3 N–H and O–H groups in total. The summed E-state index contributed by atoms with van der Waals surface area (Å²) in [6.07, 6.45) is 0.823. The molecule has 1 unspecified atom stereocenters. The molecule has 0 heterocycles. The van der Waals surface area contributed by atoms with E-state index in [1.54, 1.807) is 0 Å². The van der Waals surface area contributed by atoms with Gasteiger partial charge in [0.25, 0.3) is 0 Å². The number of hydrogen-bond acceptors (Lipinski definition) is 2. The molecule has 0 saturated heterocycles. The number of benzene rings is 1. The van der Waals surface area contributed by atoms with Crippen LogP contribution in [0.3, 0.4) is 0 Å². The topological polar surface area (TPSA) is 55.1 Å². The van der Waals surface area contributed by atoms with Crippen LogP contribution in [0.1, 0.15) is 33.3 Å². The van der Waals surface area contributed by atoms with E-state index in [1.807, 2.05) is 45.9 Å². The molecular formula is C15H24N2O. The second-order valence-electron chi connectivity index (χ2n) is 5.94. The molecule has 0 aliphatic carbocycles. The van der Waals surface area contributed by atoms with Crippen LogP contribution in [-0.2, 0) is 11.2 Å². The van der Waals surface area contributed by atoms with Crippen molar-refractivity contribution in [2.24, 2.45) is 11.1 Å². The normalized spacial score (nSPS) is 14.9. The molecule has 0 saturated carbocycles. The SMILES string of the molecule is CC(Cc1ccccc1)NC(=O)[C@@H](N)C(C)(C)C. The van der Waals surface area contributed by atoms with Crippen LogP contribution in [0.15, 0.2) is 30.3 Å². The van der Waals surface area contributed by atoms with Gasteiger partial charge in [-0.3, -0.25) is 4.79 Å². The van der Waals surface area contributed by atoms with Crippen molar-refractivity contribution < 1.29 is 4.79 Å². The third-order valence-corrected chi connectivity index (χ3v) is 2.99. The molecule has 1 rings (SSSR count). The van der Waals surface area contributed by atoms with E-state index in [9.17, 15) is 4.79 Å². The van der Waals surface area contributed by atoms with Crippen molar-refractivity contribution in [2.75, 3.05) is 0 Å². The van der Waals surface area contributed by atoms with Gasteiger partial charge in [-0.2, -0.15) is 0 Å². The molecule has 1 aromatic carbocycles. The van der Waals surface area contributed by atoms with Gasteiger partial charge in [0.2, 0.25) is 5.91 Å². The van der Waals surface area contributed by atoms with Crippen LogP contribution in [0, 0.1) is 5.41 Å². The highest BCUT2D eigenvalue weighted by Crippen LogP contribution is 2.17. The summed E-state index contributed by atoms with van der Waals surface area (Å²) in [6.45, 7) is 7.91. The molecule has 0 fully saturated rings. The Morgan fingerprint density at radius 3 is 2.33 bits per heavy atom. The second kappa shape index (κ2) is 6.01. The van der Waals surface area contributed by atoms with Crippen LogP contribution >= 0.6 is 0 Å². The van der Waals surface area contributed by atoms with Crippen molar-refractivity contribution in [3.63, 3.8) is 0 Å². The van der Waals surface area contributed by atoms with E-state index >= 15 is 0 Å². The second-order valence-corrected chi connectivity index (χ2v) is 5.94. The van der Waals surface area contributed by atoms with E-state index in [0.717, 1.165) is 6.42 Å². The molecule has 3 heteroatoms. The molecule has 1 aromatic rings. The third kappa shape index (κ3) is 4.49. The summed E-state index contributed by atoms with van der Waals surface area (Å²) in [5.41, 5.74) is 6.93. The number of hydrogen-bond donors (Lipinski definition) is 2. The first-order valence-electron chi connectivity index (χ1n) is 6.40. The van der Waals surface area contributed by atoms with Crippen molar-refractivity contribution in [1.29, 1.82) is 0 Å². The van der Waals surface area contributed by atoms with Crippen LogP contribution in [0.4, 0.5) is 0 Å². The van der Waals surface area contributed by atoms with E-state index in [1.165, 1.54) is 5.56 Å². The summed E-state index contributed by atoms with van der Waals surface area (Å²) in [6, 6.07) is 9.74. The van der Waals surface area contributed by atoms with Crippen LogP contribution in [-0.4, -0.2) is 18.0 Å². The van der Waals surface area contributed by atoms with Crippen molar-refractivity contribution in [2.45, 2.75) is 46.2 Å². The molecule has 0 aromatic heterocycles. The van der Waals surface area contributed by atoms with Gasteiger partial charge < -0.3 is 11.1 Å². The van der Waals surface area contributed by atoms with Gasteiger partial charge in [0.05, 0.1) is 6.04 Å². The summed E-state index contributed by atoms with van der Waals surface area (Å²) < 4.78 is 0. The molecule has 1 amide bonds. The zero-order chi connectivity index (χ0) is 13.8. The average molecular weight is 248 g/mol. The van der Waals surface area contributed by atoms with E-state index in [2.05, 4.69) is 17.4 Å². The van der Waals surface area contributed by atoms with Gasteiger partial charge in [-0.1, -0.05) is 51.1 Å². The molecule has 18 heavy (non-hydrogen) atoms. The molecule has 0 bridgehead atoms. The number of rotatable bonds is 4. The van der Waals surface area contributed by atoms with Gasteiger partial charge in [0.15, 0.2) is 0 Å². The first-order valence-corrected chi connectivity index (χ1v) is 6.40. The lowest BCUT2D eigenvalue weighted by molar-refractivity contribution is -0.125. The molecule has 0 spiro atoms. The summed E-state index contributed by atoms with van der Waals surface area (Å²) in [7, 11) is 0. The predicted molar refractivity (Wildman–Crippen MR) is 75.2 cm³/mol. The number of amides is 1. The van der Waals surface area contributed by atoms with Gasteiger partial charge in [0, 0.05) is 6.04 Å². The number of nitrogens with two attached hydrogens (primary N) is 1. The van der Waals surface area contributed by atoms with Crippen molar-refractivity contribution in [3.8, 4) is 0 Å². The zero-order valence-electron chi connectivity index (χ0n) is 11.7. The lowest BCUT2D eigenvalue weighted by atomic mass is 9.87. The summed E-state index contributed by atoms with van der Waals surface area (Å²) in [4.78, 5) is 12.0. The minimum Gasteiger partial charge on any atom is -0.352 e. The molecule has 100 valence electrons. The zero-order valence-corrected chi connectivity index (χ0v) is 11.7. The fraction of sp³-hybridized carbons (Fsp3) is 0.533. The Morgan fingerprint density at radius 2 is 1.83 bits per heavy atom. The lowest BCUT2D eigenvalue weighted by Gasteiger charge is -2.27. The van der Waals surface area contributed by atoms with Crippen molar-refractivity contribution >= 4 is 5.91 Å². The minimum absolute atomic E-state index is 0.0778. The molecule has 0 aliphatic heterocycles. The van der Waals surface area contributed by atoms with E-state index in [0.29, 0.717) is 0 Å². The number of carbonyl (C=O) groups excluding carboxylic acids is 1. The van der Waals surface area contributed by atoms with Crippen LogP contribution < -0.4 is 11.1 Å². The monoisotopic (exact) mass is 248 g/mol. The van der Waals surface area contributed by atoms with Crippen LogP contribution in [0.25, 0.3) is 0 Å². The van der Waals surface area contributed by atoms with E-state index < -0.39 is 6.04 Å². The number of nitrogens with one attached hydrogen (secondary N) is 1. The van der Waals surface area contributed by atoms with Crippen molar-refractivity contribution in [1.82, 2.24) is 5.32 Å². The van der Waals surface area contributed by atoms with Gasteiger partial charge in [-0.15, -0.1) is 0 Å². The molecule has 2 atom stereocenters. The third-order valence-electron chi connectivity index (χ3n) is 2.99. The Labute approximate surface area is 110 Å². The maximum absolute atomic E-state index is 12.0. The van der Waals surface area contributed by atoms with Crippen LogP contribution in [0.2, 0.25) is 0 Å². The minimum atomic E-state index is -0.476. The van der Waals surface area contributed by atoms with Gasteiger partial charge in [0.1, 0.15) is 0 Å². The molecule has 0 radical (unpaired) electrons. The number of carbonyl (C=O) groups is 1. The lowest BCUT2D eigenvalue weighted by Crippen LogP contribution is -2.51. The summed E-state index contributed by atoms with van der Waals surface area (Å²) >= 11 is 0. The van der Waals surface area contributed by atoms with Crippen LogP contribution in [0.5, 0.6) is 0 Å². The Morgan fingerprint density at radius 1 is 1.28 bits per heavy atom. The van der Waals surface area contributed by atoms with Crippen molar-refractivity contribution in [3.05, 3.63) is 35.9 Å². The average Bonchev–Trinajstić information content (AvgIpc) is 2.27. The molecule has 0 aliphatic rings. The maximum atomic E-state index is 12.0. The quantitative estimate of drug-likeness (QED) is 0.857. The smallest absolute Gasteiger partial charge is 0.237 e. The van der Waals surface area contributed by atoms with Gasteiger partial charge in [-0.05, 0) is 24.3 Å². The molecular weight excluding hydrogens is 224 g/mol. The Kier molecular flexibility index (Phi) is 4.91.